The Morgan fingerprint density at radius 3 is 2.83 bits per heavy atom. The van der Waals surface area contributed by atoms with Crippen molar-refractivity contribution in [2.75, 3.05) is 64.1 Å². The highest BCUT2D eigenvalue weighted by Gasteiger charge is 2.49. The van der Waals surface area contributed by atoms with Gasteiger partial charge in [-0.25, -0.2) is 13.2 Å². The molecule has 254 valence electrons. The van der Waals surface area contributed by atoms with Crippen LogP contribution < -0.4 is 15.0 Å². The lowest BCUT2D eigenvalue weighted by molar-refractivity contribution is 0.0211. The van der Waals surface area contributed by atoms with Crippen LogP contribution in [0.25, 0.3) is 32.9 Å². The summed E-state index contributed by atoms with van der Waals surface area (Å²) in [6.07, 6.45) is 5.95. The van der Waals surface area contributed by atoms with E-state index in [0.29, 0.717) is 57.3 Å². The van der Waals surface area contributed by atoms with Gasteiger partial charge in [-0.3, -0.25) is 9.88 Å². The molecule has 8 rings (SSSR count). The molecule has 6 bridgehead atoms. The quantitative estimate of drug-likeness (QED) is 0.306. The number of nitrogens with one attached hydrogen (secondary N) is 1. The van der Waals surface area contributed by atoms with Gasteiger partial charge in [-0.15, -0.1) is 0 Å². The molecule has 48 heavy (non-hydrogen) atoms. The fourth-order valence-electron chi connectivity index (χ4n) is 8.11. The van der Waals surface area contributed by atoms with Gasteiger partial charge in [0.25, 0.3) is 0 Å². The maximum absolute atomic E-state index is 16.8. The maximum Gasteiger partial charge on any atom is 0.319 e. The average molecular weight is 665 g/mol. The highest BCUT2D eigenvalue weighted by Crippen LogP contribution is 2.42. The normalized spacial score (nSPS) is 26.8. The number of anilines is 1. The number of benzene rings is 2. The Bertz CT molecular complexity index is 1880. The summed E-state index contributed by atoms with van der Waals surface area (Å²) in [7, 11) is 0. The Kier molecular flexibility index (Phi) is 8.05. The van der Waals surface area contributed by atoms with Crippen LogP contribution in [-0.2, 0) is 9.47 Å². The minimum absolute atomic E-state index is 0.0262. The Morgan fingerprint density at radius 1 is 1.06 bits per heavy atom. The van der Waals surface area contributed by atoms with Crippen molar-refractivity contribution in [1.29, 1.82) is 0 Å². The SMILES string of the molecule is CC[C@@]12COCCCO[C@H]3CN4CCC[C@]4(COc4nc(c5cnc(-c6cc(O)cc7ccc(F)c(F)c67)c(F)c5n4)N(CCN1)C2)C3. The summed E-state index contributed by atoms with van der Waals surface area (Å²) in [5.74, 6) is -2.86. The van der Waals surface area contributed by atoms with Gasteiger partial charge in [-0.2, -0.15) is 9.97 Å². The number of ether oxygens (including phenoxy) is 3. The first-order chi connectivity index (χ1) is 23.3. The Morgan fingerprint density at radius 2 is 1.96 bits per heavy atom. The fraction of sp³-hybridized carbons (Fsp3) is 0.514. The predicted molar refractivity (Wildman–Crippen MR) is 174 cm³/mol. The molecule has 3 fully saturated rings. The van der Waals surface area contributed by atoms with Gasteiger partial charge < -0.3 is 29.5 Å². The summed E-state index contributed by atoms with van der Waals surface area (Å²) >= 11 is 0. The molecule has 2 aromatic carbocycles. The first-order valence-electron chi connectivity index (χ1n) is 16.8. The topological polar surface area (TPSA) is 105 Å². The molecule has 6 heterocycles. The summed E-state index contributed by atoms with van der Waals surface area (Å²) in [6, 6.07) is 4.82. The zero-order chi connectivity index (χ0) is 33.0. The van der Waals surface area contributed by atoms with E-state index in [-0.39, 0.29) is 56.5 Å². The smallest absolute Gasteiger partial charge is 0.319 e. The zero-order valence-electron chi connectivity index (χ0n) is 26.9. The summed E-state index contributed by atoms with van der Waals surface area (Å²) < 4.78 is 65.4. The number of aromatic hydroxyl groups is 1. The highest BCUT2D eigenvalue weighted by atomic mass is 19.2. The number of halogens is 3. The fourth-order valence-corrected chi connectivity index (χ4v) is 8.11. The van der Waals surface area contributed by atoms with Crippen molar-refractivity contribution < 1.29 is 32.5 Å². The first kappa shape index (κ1) is 31.5. The number of aromatic nitrogens is 3. The van der Waals surface area contributed by atoms with Crippen molar-refractivity contribution >= 4 is 27.5 Å². The molecule has 0 amide bonds. The molecule has 3 saturated heterocycles. The summed E-state index contributed by atoms with van der Waals surface area (Å²) in [5.41, 5.74) is -1.02. The number of hydrogen-bond acceptors (Lipinski definition) is 10. The summed E-state index contributed by atoms with van der Waals surface area (Å²) in [4.78, 5) is 18.4. The van der Waals surface area contributed by atoms with Gasteiger partial charge >= 0.3 is 6.01 Å². The number of pyridine rings is 1. The molecular formula is C35H39F3N6O4. The van der Waals surface area contributed by atoms with Crippen LogP contribution in [0.15, 0.2) is 30.5 Å². The molecule has 4 aromatic rings. The molecule has 3 atom stereocenters. The molecule has 4 aliphatic rings. The van der Waals surface area contributed by atoms with E-state index in [9.17, 15) is 9.50 Å². The van der Waals surface area contributed by atoms with Crippen LogP contribution in [-0.4, -0.2) is 101 Å². The van der Waals surface area contributed by atoms with Gasteiger partial charge in [-0.1, -0.05) is 13.0 Å². The average Bonchev–Trinajstić information content (AvgIpc) is 3.63. The highest BCUT2D eigenvalue weighted by molar-refractivity contribution is 6.00. The number of nitrogens with zero attached hydrogens (tertiary/aromatic N) is 5. The summed E-state index contributed by atoms with van der Waals surface area (Å²) in [6.45, 7) is 7.68. The maximum atomic E-state index is 16.8. The van der Waals surface area contributed by atoms with Crippen LogP contribution in [0.2, 0.25) is 0 Å². The van der Waals surface area contributed by atoms with E-state index in [1.165, 1.54) is 24.4 Å². The van der Waals surface area contributed by atoms with Crippen molar-refractivity contribution in [3.63, 3.8) is 0 Å². The monoisotopic (exact) mass is 664 g/mol. The van der Waals surface area contributed by atoms with Gasteiger partial charge in [0.2, 0.25) is 0 Å². The predicted octanol–water partition coefficient (Wildman–Crippen LogP) is 4.95. The van der Waals surface area contributed by atoms with Gasteiger partial charge in [0, 0.05) is 56.5 Å². The van der Waals surface area contributed by atoms with Gasteiger partial charge in [0.15, 0.2) is 17.5 Å². The lowest BCUT2D eigenvalue weighted by Gasteiger charge is -2.44. The molecule has 2 N–H and O–H groups in total. The van der Waals surface area contributed by atoms with Crippen molar-refractivity contribution in [2.24, 2.45) is 0 Å². The van der Waals surface area contributed by atoms with Crippen LogP contribution >= 0.6 is 0 Å². The van der Waals surface area contributed by atoms with E-state index >= 15 is 8.78 Å². The zero-order valence-corrected chi connectivity index (χ0v) is 26.9. The van der Waals surface area contributed by atoms with Crippen molar-refractivity contribution in [1.82, 2.24) is 25.2 Å². The second-order valence-corrected chi connectivity index (χ2v) is 13.6. The minimum Gasteiger partial charge on any atom is -0.508 e. The lowest BCUT2D eigenvalue weighted by atomic mass is 9.94. The van der Waals surface area contributed by atoms with Gasteiger partial charge in [0.05, 0.1) is 29.2 Å². The van der Waals surface area contributed by atoms with E-state index in [0.717, 1.165) is 51.3 Å². The largest absolute Gasteiger partial charge is 0.508 e. The number of rotatable bonds is 2. The van der Waals surface area contributed by atoms with Crippen LogP contribution in [0.1, 0.15) is 39.0 Å². The molecule has 2 aromatic heterocycles. The Balaban J connectivity index is 1.27. The molecule has 10 nitrogen and oxygen atoms in total. The molecule has 0 saturated carbocycles. The van der Waals surface area contributed by atoms with E-state index < -0.39 is 17.5 Å². The van der Waals surface area contributed by atoms with Crippen LogP contribution in [0.3, 0.4) is 0 Å². The van der Waals surface area contributed by atoms with Crippen molar-refractivity contribution in [2.45, 2.75) is 56.2 Å². The van der Waals surface area contributed by atoms with E-state index in [4.69, 9.17) is 19.2 Å². The number of piperazine rings is 1. The molecule has 1 spiro atoms. The van der Waals surface area contributed by atoms with E-state index in [1.807, 2.05) is 0 Å². The van der Waals surface area contributed by atoms with Crippen molar-refractivity contribution in [3.8, 4) is 23.0 Å². The van der Waals surface area contributed by atoms with Crippen molar-refractivity contribution in [3.05, 3.63) is 47.9 Å². The Labute approximate surface area is 276 Å². The molecule has 0 radical (unpaired) electrons. The number of phenolic OH excluding ortho intramolecular Hbond substituents is 1. The standard InChI is InChI=1S/C35H39F3N6O4/c1-2-34-18-43(10-8-40-34)32-25-16-39-30(24-14-22(45)13-21-5-6-26(36)28(37)27(21)24)29(38)31(25)41-33(42-32)48-20-35-7-3-9-44(35)17-23(15-35)47-12-4-11-46-19-34/h5-6,13-14,16,23,40,45H,2-4,7-12,15,17-20H2,1H3/t23-,34-,35-/m1/s1. The second-order valence-electron chi connectivity index (χ2n) is 13.6. The molecule has 0 unspecified atom stereocenters. The Hall–Kier alpha value is -3.78. The molecule has 0 aliphatic carbocycles. The van der Waals surface area contributed by atoms with Gasteiger partial charge in [0.1, 0.15) is 29.4 Å². The molecule has 4 aliphatic heterocycles. The van der Waals surface area contributed by atoms with Crippen LogP contribution in [0.5, 0.6) is 11.8 Å². The number of phenols is 1. The second kappa shape index (κ2) is 12.3. The number of hydrogen-bond donors (Lipinski definition) is 2. The van der Waals surface area contributed by atoms with Crippen LogP contribution in [0, 0.1) is 17.5 Å². The van der Waals surface area contributed by atoms with Crippen LogP contribution in [0.4, 0.5) is 19.0 Å². The lowest BCUT2D eigenvalue weighted by Crippen LogP contribution is -2.63. The minimum atomic E-state index is -1.15. The third-order valence-electron chi connectivity index (χ3n) is 10.6. The van der Waals surface area contributed by atoms with Gasteiger partial charge in [-0.05, 0) is 62.2 Å². The number of fused-ring (bicyclic) bond motifs is 9. The molecule has 13 heteroatoms. The third-order valence-corrected chi connectivity index (χ3v) is 10.6. The van der Waals surface area contributed by atoms with E-state index in [2.05, 4.69) is 32.0 Å². The third kappa shape index (κ3) is 5.40. The van der Waals surface area contributed by atoms with E-state index in [1.54, 1.807) is 0 Å². The first-order valence-corrected chi connectivity index (χ1v) is 16.8. The summed E-state index contributed by atoms with van der Waals surface area (Å²) in [5, 5.41) is 14.5. The molecular weight excluding hydrogens is 625 g/mol.